The molecule has 0 amide bonds. The van der Waals surface area contributed by atoms with Gasteiger partial charge >= 0.3 is 0 Å². The highest BCUT2D eigenvalue weighted by Crippen LogP contribution is 2.55. The summed E-state index contributed by atoms with van der Waals surface area (Å²) in [5.41, 5.74) is 3.80. The average Bonchev–Trinajstić information content (AvgIpc) is 2.99. The molecule has 0 saturated carbocycles. The van der Waals surface area contributed by atoms with Crippen LogP contribution < -0.4 is 0 Å². The zero-order valence-corrected chi connectivity index (χ0v) is 9.70. The SMILES string of the molecule is C[Si]1(C2C3=CC=C2C=C3)C2=CC=C1C=C2. The third-order valence-electron chi connectivity index (χ3n) is 4.26. The van der Waals surface area contributed by atoms with Gasteiger partial charge in [0, 0.05) is 5.54 Å². The van der Waals surface area contributed by atoms with Crippen LogP contribution in [-0.4, -0.2) is 8.07 Å². The topological polar surface area (TPSA) is 0 Å². The van der Waals surface area contributed by atoms with Gasteiger partial charge in [0.2, 0.25) is 0 Å². The van der Waals surface area contributed by atoms with Crippen LogP contribution in [0.3, 0.4) is 0 Å². The summed E-state index contributed by atoms with van der Waals surface area (Å²) in [5.74, 6) is 0. The minimum atomic E-state index is -1.40. The third-order valence-corrected chi connectivity index (χ3v) is 9.15. The zero-order valence-electron chi connectivity index (χ0n) is 8.70. The maximum Gasteiger partial charge on any atom is 0.126 e. The van der Waals surface area contributed by atoms with Gasteiger partial charge in [0.25, 0.3) is 0 Å². The minimum absolute atomic E-state index is 0.715. The van der Waals surface area contributed by atoms with Gasteiger partial charge in [-0.3, -0.25) is 0 Å². The highest BCUT2D eigenvalue weighted by molar-refractivity contribution is 6.97. The molecule has 0 nitrogen and oxygen atoms in total. The van der Waals surface area contributed by atoms with Crippen molar-refractivity contribution < 1.29 is 0 Å². The average molecular weight is 208 g/mol. The monoisotopic (exact) mass is 208 g/mol. The molecule has 0 aromatic heterocycles. The number of hydrogen-bond acceptors (Lipinski definition) is 0. The molecule has 0 aromatic rings. The summed E-state index contributed by atoms with van der Waals surface area (Å²) >= 11 is 0. The second kappa shape index (κ2) is 2.25. The molecule has 2 aliphatic heterocycles. The predicted molar refractivity (Wildman–Crippen MR) is 66.0 cm³/mol. The Bertz CT molecular complexity index is 506. The molecule has 4 aliphatic rings. The van der Waals surface area contributed by atoms with Crippen LogP contribution in [0.15, 0.2) is 70.1 Å². The molecule has 0 N–H and O–H groups in total. The molecule has 2 heterocycles. The number of fused-ring (bicyclic) bond motifs is 5. The summed E-state index contributed by atoms with van der Waals surface area (Å²) in [7, 11) is -1.40. The first-order valence-corrected chi connectivity index (χ1v) is 8.09. The summed E-state index contributed by atoms with van der Waals surface area (Å²) in [5, 5.41) is 3.23. The van der Waals surface area contributed by atoms with Crippen LogP contribution >= 0.6 is 0 Å². The van der Waals surface area contributed by atoms with Gasteiger partial charge in [-0.15, -0.1) is 0 Å². The molecule has 0 unspecified atom stereocenters. The van der Waals surface area contributed by atoms with Gasteiger partial charge in [0.15, 0.2) is 0 Å². The van der Waals surface area contributed by atoms with Crippen molar-refractivity contribution in [1.29, 1.82) is 0 Å². The molecule has 0 fully saturated rings. The van der Waals surface area contributed by atoms with Crippen molar-refractivity contribution in [3.05, 3.63) is 70.1 Å². The Balaban J connectivity index is 1.90. The summed E-state index contributed by atoms with van der Waals surface area (Å²) in [6.45, 7) is 2.52. The maximum absolute atomic E-state index is 2.52. The van der Waals surface area contributed by atoms with Crippen molar-refractivity contribution in [3.63, 3.8) is 0 Å². The highest BCUT2D eigenvalue weighted by atomic mass is 28.3. The van der Waals surface area contributed by atoms with E-state index in [1.807, 2.05) is 0 Å². The van der Waals surface area contributed by atoms with E-state index in [2.05, 4.69) is 55.2 Å². The first kappa shape index (κ1) is 7.89. The van der Waals surface area contributed by atoms with Gasteiger partial charge in [0.05, 0.1) is 0 Å². The Morgan fingerprint density at radius 2 is 1.33 bits per heavy atom. The molecule has 1 heteroatoms. The maximum atomic E-state index is 2.52. The summed E-state index contributed by atoms with van der Waals surface area (Å²) in [4.78, 5) is 0. The Morgan fingerprint density at radius 3 is 1.73 bits per heavy atom. The number of hydrogen-bond donors (Lipinski definition) is 0. The molecular formula is C14H12Si. The van der Waals surface area contributed by atoms with Crippen molar-refractivity contribution in [2.45, 2.75) is 12.1 Å². The molecule has 4 rings (SSSR count). The number of rotatable bonds is 1. The van der Waals surface area contributed by atoms with Crippen molar-refractivity contribution >= 4 is 8.07 Å². The second-order valence-electron chi connectivity index (χ2n) is 4.88. The Morgan fingerprint density at radius 1 is 0.800 bits per heavy atom. The first-order chi connectivity index (χ1) is 7.30. The summed E-state index contributed by atoms with van der Waals surface area (Å²) in [6.07, 6.45) is 18.5. The van der Waals surface area contributed by atoms with E-state index in [1.165, 1.54) is 0 Å². The quantitative estimate of drug-likeness (QED) is 0.579. The summed E-state index contributed by atoms with van der Waals surface area (Å²) < 4.78 is 0. The molecule has 0 atom stereocenters. The van der Waals surface area contributed by atoms with Crippen LogP contribution in [0, 0.1) is 0 Å². The largest absolute Gasteiger partial charge is 0.126 e. The van der Waals surface area contributed by atoms with E-state index in [0.717, 1.165) is 0 Å². The lowest BCUT2D eigenvalue weighted by Gasteiger charge is -2.30. The first-order valence-electron chi connectivity index (χ1n) is 5.51. The number of allylic oxidation sites excluding steroid dienone is 12. The van der Waals surface area contributed by atoms with Crippen molar-refractivity contribution in [2.75, 3.05) is 0 Å². The summed E-state index contributed by atoms with van der Waals surface area (Å²) in [6, 6.07) is 0. The lowest BCUT2D eigenvalue weighted by atomic mass is 10.2. The van der Waals surface area contributed by atoms with E-state index >= 15 is 0 Å². The van der Waals surface area contributed by atoms with Gasteiger partial charge in [-0.2, -0.15) is 0 Å². The Hall–Kier alpha value is -1.34. The Kier molecular flexibility index (Phi) is 1.18. The lowest BCUT2D eigenvalue weighted by Crippen LogP contribution is -2.36. The van der Waals surface area contributed by atoms with Gasteiger partial charge in [-0.1, -0.05) is 65.5 Å². The van der Waals surface area contributed by atoms with Crippen LogP contribution in [-0.2, 0) is 0 Å². The molecule has 0 spiro atoms. The van der Waals surface area contributed by atoms with Gasteiger partial charge in [0.1, 0.15) is 8.07 Å². The normalized spacial score (nSPS) is 28.3. The van der Waals surface area contributed by atoms with Crippen LogP contribution in [0.1, 0.15) is 0 Å². The van der Waals surface area contributed by atoms with Crippen molar-refractivity contribution in [2.24, 2.45) is 0 Å². The minimum Gasteiger partial charge on any atom is -0.0627 e. The van der Waals surface area contributed by atoms with Crippen LogP contribution in [0.2, 0.25) is 12.1 Å². The third kappa shape index (κ3) is 0.721. The van der Waals surface area contributed by atoms with E-state index in [9.17, 15) is 0 Å². The fourth-order valence-electron chi connectivity index (χ4n) is 3.40. The molecule has 0 radical (unpaired) electrons. The molecule has 15 heavy (non-hydrogen) atoms. The Labute approximate surface area is 90.7 Å². The van der Waals surface area contributed by atoms with E-state index in [1.54, 1.807) is 21.5 Å². The molecule has 2 aliphatic carbocycles. The fraction of sp³-hybridized carbons (Fsp3) is 0.143. The smallest absolute Gasteiger partial charge is 0.0627 e. The van der Waals surface area contributed by atoms with E-state index in [-0.39, 0.29) is 0 Å². The fourth-order valence-corrected chi connectivity index (χ4v) is 7.84. The zero-order chi connectivity index (χ0) is 10.0. The van der Waals surface area contributed by atoms with Crippen molar-refractivity contribution in [3.8, 4) is 0 Å². The van der Waals surface area contributed by atoms with Gasteiger partial charge < -0.3 is 0 Å². The van der Waals surface area contributed by atoms with E-state index in [0.29, 0.717) is 5.54 Å². The van der Waals surface area contributed by atoms with E-state index in [4.69, 9.17) is 0 Å². The van der Waals surface area contributed by atoms with Crippen LogP contribution in [0.5, 0.6) is 0 Å². The molecule has 0 aromatic carbocycles. The second-order valence-corrected chi connectivity index (χ2v) is 9.02. The van der Waals surface area contributed by atoms with Crippen LogP contribution in [0.4, 0.5) is 0 Å². The highest BCUT2D eigenvalue weighted by Gasteiger charge is 2.50. The molecular weight excluding hydrogens is 196 g/mol. The van der Waals surface area contributed by atoms with E-state index < -0.39 is 8.07 Å². The van der Waals surface area contributed by atoms with Crippen molar-refractivity contribution in [1.82, 2.24) is 0 Å². The molecule has 72 valence electrons. The van der Waals surface area contributed by atoms with Crippen LogP contribution in [0.25, 0.3) is 0 Å². The predicted octanol–water partition coefficient (Wildman–Crippen LogP) is 3.39. The van der Waals surface area contributed by atoms with Gasteiger partial charge in [-0.25, -0.2) is 0 Å². The van der Waals surface area contributed by atoms with Gasteiger partial charge in [-0.05, 0) is 11.1 Å². The standard InChI is InChI=1S/C14H12Si/c1-15(12-6-7-13(15)9-8-12)14-10-2-3-11(14)5-4-10/h2-9,14H,1H3. The lowest BCUT2D eigenvalue weighted by molar-refractivity contribution is 1.22. The molecule has 4 bridgehead atoms. The molecule has 0 saturated heterocycles.